The van der Waals surface area contributed by atoms with E-state index in [1.165, 1.54) is 0 Å². The number of carbonyl (C=O) groups excluding carboxylic acids is 1. The van der Waals surface area contributed by atoms with Crippen LogP contribution in [0.4, 0.5) is 5.69 Å². The van der Waals surface area contributed by atoms with Crippen LogP contribution in [0, 0.1) is 12.8 Å². The summed E-state index contributed by atoms with van der Waals surface area (Å²) in [5.41, 5.74) is 1.74. The second-order valence-corrected chi connectivity index (χ2v) is 5.39. The van der Waals surface area contributed by atoms with Gasteiger partial charge < -0.3 is 10.6 Å². The van der Waals surface area contributed by atoms with Crippen LogP contribution < -0.4 is 10.6 Å². The zero-order valence-electron chi connectivity index (χ0n) is 10.8. The predicted molar refractivity (Wildman–Crippen MR) is 75.0 cm³/mol. The fourth-order valence-corrected chi connectivity index (χ4v) is 2.52. The van der Waals surface area contributed by atoms with E-state index < -0.39 is 0 Å². The van der Waals surface area contributed by atoms with Crippen molar-refractivity contribution in [2.75, 3.05) is 11.9 Å². The maximum Gasteiger partial charge on any atom is 0.227 e. The number of carbonyl (C=O) groups is 1. The molecule has 0 bridgehead atoms. The van der Waals surface area contributed by atoms with Gasteiger partial charge in [-0.3, -0.25) is 4.79 Å². The topological polar surface area (TPSA) is 41.1 Å². The second-order valence-electron chi connectivity index (χ2n) is 4.98. The third-order valence-corrected chi connectivity index (χ3v) is 3.93. The number of halogens is 1. The number of piperidine rings is 1. The van der Waals surface area contributed by atoms with Crippen molar-refractivity contribution in [1.29, 1.82) is 0 Å². The average Bonchev–Trinajstić information content (AvgIpc) is 2.35. The van der Waals surface area contributed by atoms with Gasteiger partial charge in [0.25, 0.3) is 0 Å². The van der Waals surface area contributed by atoms with Gasteiger partial charge >= 0.3 is 0 Å². The number of rotatable bonds is 2. The third kappa shape index (κ3) is 3.03. The molecular formula is C14H19ClN2O. The second kappa shape index (κ2) is 5.72. The Morgan fingerprint density at radius 2 is 2.28 bits per heavy atom. The Kier molecular flexibility index (Phi) is 4.25. The van der Waals surface area contributed by atoms with Crippen LogP contribution in [0.15, 0.2) is 18.2 Å². The van der Waals surface area contributed by atoms with E-state index in [1.54, 1.807) is 0 Å². The van der Waals surface area contributed by atoms with Crippen molar-refractivity contribution in [3.63, 3.8) is 0 Å². The van der Waals surface area contributed by atoms with Crippen molar-refractivity contribution < 1.29 is 4.79 Å². The molecule has 4 heteroatoms. The number of nitrogens with one attached hydrogen (secondary N) is 2. The molecule has 0 spiro atoms. The minimum absolute atomic E-state index is 0.0969. The van der Waals surface area contributed by atoms with Crippen LogP contribution in [-0.4, -0.2) is 18.5 Å². The van der Waals surface area contributed by atoms with Crippen molar-refractivity contribution in [2.45, 2.75) is 32.7 Å². The van der Waals surface area contributed by atoms with Crippen LogP contribution in [0.5, 0.6) is 0 Å². The molecule has 1 fully saturated rings. The molecule has 98 valence electrons. The Hall–Kier alpha value is -1.06. The van der Waals surface area contributed by atoms with E-state index in [4.69, 9.17) is 11.6 Å². The monoisotopic (exact) mass is 266 g/mol. The molecule has 2 atom stereocenters. The molecule has 1 heterocycles. The molecule has 2 rings (SSSR count). The molecule has 1 aromatic carbocycles. The van der Waals surface area contributed by atoms with Crippen molar-refractivity contribution in [3.05, 3.63) is 28.8 Å². The van der Waals surface area contributed by atoms with E-state index in [0.29, 0.717) is 11.1 Å². The lowest BCUT2D eigenvalue weighted by Gasteiger charge is -2.27. The van der Waals surface area contributed by atoms with Gasteiger partial charge in [0.15, 0.2) is 0 Å². The molecule has 2 N–H and O–H groups in total. The predicted octanol–water partition coefficient (Wildman–Crippen LogP) is 2.98. The van der Waals surface area contributed by atoms with Gasteiger partial charge in [0.2, 0.25) is 5.91 Å². The van der Waals surface area contributed by atoms with Gasteiger partial charge in [0.05, 0.1) is 0 Å². The molecule has 1 aliphatic rings. The number of amides is 1. The molecule has 1 saturated heterocycles. The summed E-state index contributed by atoms with van der Waals surface area (Å²) in [6.07, 6.45) is 1.79. The van der Waals surface area contributed by atoms with E-state index in [9.17, 15) is 4.79 Å². The van der Waals surface area contributed by atoms with Crippen molar-refractivity contribution in [3.8, 4) is 0 Å². The summed E-state index contributed by atoms with van der Waals surface area (Å²) in [7, 11) is 0. The van der Waals surface area contributed by atoms with Crippen LogP contribution in [0.3, 0.4) is 0 Å². The first-order valence-corrected chi connectivity index (χ1v) is 6.75. The molecule has 0 saturated carbocycles. The Morgan fingerprint density at radius 1 is 1.50 bits per heavy atom. The first-order valence-electron chi connectivity index (χ1n) is 6.37. The molecule has 18 heavy (non-hydrogen) atoms. The highest BCUT2D eigenvalue weighted by molar-refractivity contribution is 6.31. The van der Waals surface area contributed by atoms with Gasteiger partial charge in [-0.15, -0.1) is 0 Å². The zero-order valence-corrected chi connectivity index (χ0v) is 11.6. The maximum atomic E-state index is 12.2. The Balaban J connectivity index is 2.04. The Labute approximate surface area is 113 Å². The minimum Gasteiger partial charge on any atom is -0.326 e. The third-order valence-electron chi connectivity index (χ3n) is 3.52. The summed E-state index contributed by atoms with van der Waals surface area (Å²) in [5, 5.41) is 7.03. The van der Waals surface area contributed by atoms with E-state index in [-0.39, 0.29) is 11.8 Å². The zero-order chi connectivity index (χ0) is 13.1. The van der Waals surface area contributed by atoms with Gasteiger partial charge in [-0.05, 0) is 50.9 Å². The Bertz CT molecular complexity index is 447. The van der Waals surface area contributed by atoms with Crippen molar-refractivity contribution in [2.24, 2.45) is 5.92 Å². The van der Waals surface area contributed by atoms with Crippen LogP contribution in [-0.2, 0) is 4.79 Å². The smallest absolute Gasteiger partial charge is 0.227 e. The van der Waals surface area contributed by atoms with Crippen LogP contribution >= 0.6 is 11.6 Å². The number of benzene rings is 1. The molecular weight excluding hydrogens is 248 g/mol. The van der Waals surface area contributed by atoms with Gasteiger partial charge in [0, 0.05) is 22.7 Å². The summed E-state index contributed by atoms with van der Waals surface area (Å²) in [4.78, 5) is 12.2. The standard InChI is InChI=1S/C14H19ClN2O/c1-9-8-11(6-7-16-9)14(18)17-13-5-3-4-12(15)10(13)2/h3-5,9,11,16H,6-8H2,1-2H3,(H,17,18). The fraction of sp³-hybridized carbons (Fsp3) is 0.500. The van der Waals surface area contributed by atoms with Gasteiger partial charge in [-0.2, -0.15) is 0 Å². The fourth-order valence-electron chi connectivity index (χ4n) is 2.35. The molecule has 2 unspecified atom stereocenters. The van der Waals surface area contributed by atoms with Crippen molar-refractivity contribution >= 4 is 23.2 Å². The SMILES string of the molecule is Cc1c(Cl)cccc1NC(=O)C1CCNC(C)C1. The summed E-state index contributed by atoms with van der Waals surface area (Å²) >= 11 is 6.04. The first kappa shape index (κ1) is 13.4. The lowest BCUT2D eigenvalue weighted by atomic mass is 9.92. The lowest BCUT2D eigenvalue weighted by Crippen LogP contribution is -2.40. The quantitative estimate of drug-likeness (QED) is 0.864. The largest absolute Gasteiger partial charge is 0.326 e. The minimum atomic E-state index is 0.0969. The van der Waals surface area contributed by atoms with Crippen LogP contribution in [0.2, 0.25) is 5.02 Å². The molecule has 1 aromatic rings. The van der Waals surface area contributed by atoms with E-state index in [0.717, 1.165) is 30.6 Å². The molecule has 0 aliphatic carbocycles. The summed E-state index contributed by atoms with van der Waals surface area (Å²) in [5.74, 6) is 0.202. The molecule has 0 aromatic heterocycles. The highest BCUT2D eigenvalue weighted by Gasteiger charge is 2.24. The number of hydrogen-bond acceptors (Lipinski definition) is 2. The number of anilines is 1. The average molecular weight is 267 g/mol. The summed E-state index contributed by atoms with van der Waals surface area (Å²) in [6, 6.07) is 5.99. The molecule has 0 radical (unpaired) electrons. The summed E-state index contributed by atoms with van der Waals surface area (Å²) in [6.45, 7) is 4.95. The molecule has 1 aliphatic heterocycles. The van der Waals surface area contributed by atoms with Gasteiger partial charge in [-0.25, -0.2) is 0 Å². The highest BCUT2D eigenvalue weighted by atomic mass is 35.5. The van der Waals surface area contributed by atoms with Crippen molar-refractivity contribution in [1.82, 2.24) is 5.32 Å². The van der Waals surface area contributed by atoms with Crippen LogP contribution in [0.1, 0.15) is 25.3 Å². The van der Waals surface area contributed by atoms with E-state index in [1.807, 2.05) is 25.1 Å². The molecule has 3 nitrogen and oxygen atoms in total. The normalized spacial score (nSPS) is 23.7. The Morgan fingerprint density at radius 3 is 3.00 bits per heavy atom. The van der Waals surface area contributed by atoms with Gasteiger partial charge in [0.1, 0.15) is 0 Å². The lowest BCUT2D eigenvalue weighted by molar-refractivity contribution is -0.120. The van der Waals surface area contributed by atoms with E-state index >= 15 is 0 Å². The van der Waals surface area contributed by atoms with Crippen LogP contribution in [0.25, 0.3) is 0 Å². The highest BCUT2D eigenvalue weighted by Crippen LogP contribution is 2.25. The molecule has 1 amide bonds. The number of hydrogen-bond donors (Lipinski definition) is 2. The maximum absolute atomic E-state index is 12.2. The van der Waals surface area contributed by atoms with Gasteiger partial charge in [-0.1, -0.05) is 17.7 Å². The first-order chi connectivity index (χ1) is 8.58. The van der Waals surface area contributed by atoms with E-state index in [2.05, 4.69) is 17.6 Å². The summed E-state index contributed by atoms with van der Waals surface area (Å²) < 4.78 is 0.